The lowest BCUT2D eigenvalue weighted by molar-refractivity contribution is 0.0723. The molecule has 0 aliphatic heterocycles. The number of halogens is 2. The molecule has 4 aromatic rings. The number of esters is 1. The van der Waals surface area contributed by atoms with E-state index < -0.39 is 11.4 Å². The van der Waals surface area contributed by atoms with Crippen molar-refractivity contribution in [3.63, 3.8) is 0 Å². The molecule has 5 nitrogen and oxygen atoms in total. The van der Waals surface area contributed by atoms with Gasteiger partial charge in [-0.25, -0.2) is 4.79 Å². The van der Waals surface area contributed by atoms with Gasteiger partial charge in [-0.15, -0.1) is 11.8 Å². The fraction of sp³-hybridized carbons (Fsp3) is 0.0435. The summed E-state index contributed by atoms with van der Waals surface area (Å²) < 4.78 is 10.7. The maximum atomic E-state index is 12.4. The zero-order valence-electron chi connectivity index (χ0n) is 15.9. The normalized spacial score (nSPS) is 10.8. The van der Waals surface area contributed by atoms with Gasteiger partial charge < -0.3 is 14.1 Å². The number of rotatable bonds is 6. The maximum absolute atomic E-state index is 12.4. The van der Waals surface area contributed by atoms with Crippen molar-refractivity contribution >= 4 is 40.9 Å². The first-order valence-electron chi connectivity index (χ1n) is 9.14. The highest BCUT2D eigenvalue weighted by Crippen LogP contribution is 2.25. The van der Waals surface area contributed by atoms with Crippen LogP contribution in [0.5, 0.6) is 5.75 Å². The van der Waals surface area contributed by atoms with E-state index in [1.165, 1.54) is 17.8 Å². The van der Waals surface area contributed by atoms with Gasteiger partial charge in [0.25, 0.3) is 0 Å². The fourth-order valence-electron chi connectivity index (χ4n) is 2.75. The second-order valence-electron chi connectivity index (χ2n) is 6.52. The zero-order valence-corrected chi connectivity index (χ0v) is 18.3. The van der Waals surface area contributed by atoms with Crippen molar-refractivity contribution in [3.8, 4) is 16.9 Å². The Morgan fingerprint density at radius 2 is 1.65 bits per heavy atom. The molecule has 8 heteroatoms. The van der Waals surface area contributed by atoms with Gasteiger partial charge in [-0.05, 0) is 53.6 Å². The lowest BCUT2D eigenvalue weighted by Crippen LogP contribution is -2.15. The summed E-state index contributed by atoms with van der Waals surface area (Å²) >= 11 is 13.3. The van der Waals surface area contributed by atoms with Gasteiger partial charge in [-0.1, -0.05) is 35.3 Å². The number of carbonyl (C=O) groups is 1. The van der Waals surface area contributed by atoms with Gasteiger partial charge in [-0.3, -0.25) is 4.79 Å². The molecule has 0 aliphatic carbocycles. The number of hydrogen-bond donors (Lipinski definition) is 1. The smallest absolute Gasteiger partial charge is 0.360 e. The summed E-state index contributed by atoms with van der Waals surface area (Å²) in [5.74, 6) is 0.0601. The topological polar surface area (TPSA) is 72.3 Å². The third-order valence-electron chi connectivity index (χ3n) is 4.33. The van der Waals surface area contributed by atoms with Crippen LogP contribution in [0.2, 0.25) is 10.0 Å². The number of aromatic nitrogens is 1. The molecule has 31 heavy (non-hydrogen) atoms. The zero-order chi connectivity index (χ0) is 21.8. The summed E-state index contributed by atoms with van der Waals surface area (Å²) in [5, 5.41) is 1.28. The molecule has 0 atom stereocenters. The average Bonchev–Trinajstić information content (AvgIpc) is 3.26. The minimum atomic E-state index is -0.684. The average molecular weight is 472 g/mol. The standard InChI is InChI=1S/C23H15Cl2NO4S/c24-16-3-1-14(2-4-16)15-9-20(26-11-15)23(28)30-22-12-29-18(10-21(22)27)13-31-19-7-5-17(25)6-8-19/h1-12,26H,13H2. The summed E-state index contributed by atoms with van der Waals surface area (Å²) in [6.45, 7) is 0. The molecule has 2 aromatic heterocycles. The van der Waals surface area contributed by atoms with Crippen molar-refractivity contribution < 1.29 is 13.9 Å². The molecule has 0 amide bonds. The summed E-state index contributed by atoms with van der Waals surface area (Å²) in [5.41, 5.74) is 1.47. The molecule has 2 aromatic carbocycles. The predicted molar refractivity (Wildman–Crippen MR) is 122 cm³/mol. The Hall–Kier alpha value is -2.93. The summed E-state index contributed by atoms with van der Waals surface area (Å²) in [6, 6.07) is 17.5. The lowest BCUT2D eigenvalue weighted by Gasteiger charge is -2.04. The van der Waals surface area contributed by atoms with Crippen LogP contribution in [0.4, 0.5) is 0 Å². The van der Waals surface area contributed by atoms with E-state index in [0.717, 1.165) is 22.3 Å². The molecule has 0 bridgehead atoms. The van der Waals surface area contributed by atoms with Gasteiger partial charge in [0.2, 0.25) is 11.2 Å². The molecule has 0 fully saturated rings. The van der Waals surface area contributed by atoms with Crippen LogP contribution in [-0.4, -0.2) is 11.0 Å². The van der Waals surface area contributed by atoms with E-state index in [4.69, 9.17) is 32.4 Å². The minimum Gasteiger partial charge on any atom is -0.464 e. The van der Waals surface area contributed by atoms with Crippen molar-refractivity contribution in [1.29, 1.82) is 0 Å². The van der Waals surface area contributed by atoms with Gasteiger partial charge in [0, 0.05) is 27.2 Å². The number of hydrogen-bond acceptors (Lipinski definition) is 5. The number of benzene rings is 2. The number of aromatic amines is 1. The van der Waals surface area contributed by atoms with Crippen LogP contribution in [0, 0.1) is 0 Å². The lowest BCUT2D eigenvalue weighted by atomic mass is 10.1. The first-order valence-corrected chi connectivity index (χ1v) is 10.9. The molecule has 0 spiro atoms. The molecule has 1 N–H and O–H groups in total. The van der Waals surface area contributed by atoms with Crippen LogP contribution in [0.25, 0.3) is 11.1 Å². The highest BCUT2D eigenvalue weighted by atomic mass is 35.5. The third kappa shape index (κ3) is 5.41. The number of ether oxygens (including phenoxy) is 1. The fourth-order valence-corrected chi connectivity index (χ4v) is 3.79. The minimum absolute atomic E-state index is 0.173. The van der Waals surface area contributed by atoms with E-state index in [2.05, 4.69) is 4.98 Å². The van der Waals surface area contributed by atoms with Gasteiger partial charge in [-0.2, -0.15) is 0 Å². The van der Waals surface area contributed by atoms with Crippen LogP contribution >= 0.6 is 35.0 Å². The number of nitrogens with one attached hydrogen (secondary N) is 1. The third-order valence-corrected chi connectivity index (χ3v) is 5.87. The van der Waals surface area contributed by atoms with Crippen molar-refractivity contribution in [3.05, 3.63) is 105 Å². The highest BCUT2D eigenvalue weighted by Gasteiger charge is 2.15. The van der Waals surface area contributed by atoms with Crippen molar-refractivity contribution in [2.45, 2.75) is 10.6 Å². The Balaban J connectivity index is 1.41. The monoisotopic (exact) mass is 471 g/mol. The molecule has 2 heterocycles. The van der Waals surface area contributed by atoms with Crippen LogP contribution in [0.1, 0.15) is 16.2 Å². The Morgan fingerprint density at radius 3 is 2.32 bits per heavy atom. The molecule has 156 valence electrons. The van der Waals surface area contributed by atoms with Crippen molar-refractivity contribution in [1.82, 2.24) is 4.98 Å². The number of thioether (sulfide) groups is 1. The number of H-pyrrole nitrogens is 1. The quantitative estimate of drug-likeness (QED) is 0.258. The Labute approximate surface area is 192 Å². The Bertz CT molecular complexity index is 1260. The SMILES string of the molecule is O=C(Oc1coc(CSc2ccc(Cl)cc2)cc1=O)c1cc(-c2ccc(Cl)cc2)c[nH]1. The molecule has 0 radical (unpaired) electrons. The molecular formula is C23H15Cl2NO4S. The predicted octanol–water partition coefficient (Wildman–Crippen LogP) is 6.45. The first-order chi connectivity index (χ1) is 15.0. The second kappa shape index (κ2) is 9.47. The molecule has 0 aliphatic rings. The van der Waals surface area contributed by atoms with Crippen LogP contribution in [0.15, 0.2) is 87.2 Å². The van der Waals surface area contributed by atoms with E-state index in [9.17, 15) is 9.59 Å². The molecule has 0 saturated carbocycles. The van der Waals surface area contributed by atoms with Crippen LogP contribution in [0.3, 0.4) is 0 Å². The van der Waals surface area contributed by atoms with E-state index in [1.807, 2.05) is 24.3 Å². The summed E-state index contributed by atoms with van der Waals surface area (Å²) in [4.78, 5) is 28.6. The second-order valence-corrected chi connectivity index (χ2v) is 8.44. The van der Waals surface area contributed by atoms with E-state index in [1.54, 1.807) is 36.5 Å². The van der Waals surface area contributed by atoms with Crippen LogP contribution < -0.4 is 10.2 Å². The summed E-state index contributed by atoms with van der Waals surface area (Å²) in [7, 11) is 0. The van der Waals surface area contributed by atoms with E-state index in [0.29, 0.717) is 21.6 Å². The van der Waals surface area contributed by atoms with Gasteiger partial charge in [0.15, 0.2) is 0 Å². The molecule has 0 saturated heterocycles. The van der Waals surface area contributed by atoms with Crippen LogP contribution in [-0.2, 0) is 5.75 Å². The van der Waals surface area contributed by atoms with Gasteiger partial charge >= 0.3 is 5.97 Å². The first kappa shape index (κ1) is 21.3. The van der Waals surface area contributed by atoms with Gasteiger partial charge in [0.1, 0.15) is 17.7 Å². The number of carbonyl (C=O) groups excluding carboxylic acids is 1. The molecular weight excluding hydrogens is 457 g/mol. The Morgan fingerprint density at radius 1 is 0.968 bits per heavy atom. The van der Waals surface area contributed by atoms with Crippen molar-refractivity contribution in [2.75, 3.05) is 0 Å². The highest BCUT2D eigenvalue weighted by molar-refractivity contribution is 7.98. The van der Waals surface area contributed by atoms with Crippen molar-refractivity contribution in [2.24, 2.45) is 0 Å². The maximum Gasteiger partial charge on any atom is 0.360 e. The largest absolute Gasteiger partial charge is 0.464 e. The Kier molecular flexibility index (Phi) is 6.51. The van der Waals surface area contributed by atoms with Gasteiger partial charge in [0.05, 0.1) is 5.75 Å². The molecule has 4 rings (SSSR count). The van der Waals surface area contributed by atoms with E-state index in [-0.39, 0.29) is 11.4 Å². The summed E-state index contributed by atoms with van der Waals surface area (Å²) in [6.07, 6.45) is 2.83. The molecule has 0 unspecified atom stereocenters. The van der Waals surface area contributed by atoms with E-state index >= 15 is 0 Å².